The maximum absolute atomic E-state index is 10.1. The van der Waals surface area contributed by atoms with E-state index in [1.54, 1.807) is 0 Å². The van der Waals surface area contributed by atoms with Gasteiger partial charge in [-0.25, -0.2) is 0 Å². The molecule has 0 nitrogen and oxygen atoms in total. The van der Waals surface area contributed by atoms with Crippen LogP contribution in [0.25, 0.3) is 54.6 Å². The summed E-state index contributed by atoms with van der Waals surface area (Å²) in [6, 6.07) is -23.0. The maximum Gasteiger partial charge on any atom is 0.0636 e. The predicted molar refractivity (Wildman–Crippen MR) is 162 cm³/mol. The van der Waals surface area contributed by atoms with Crippen LogP contribution in [0.15, 0.2) is 139 Å². The zero-order valence-corrected chi connectivity index (χ0v) is 19.0. The van der Waals surface area contributed by atoms with Gasteiger partial charge in [-0.05, 0) is 90.2 Å². The fourth-order valence-corrected chi connectivity index (χ4v) is 4.91. The van der Waals surface area contributed by atoms with E-state index in [2.05, 4.69) is 0 Å². The minimum absolute atomic E-state index is 0.583. The molecular weight excluding hydrogens is 456 g/mol. The Kier molecular flexibility index (Phi) is 1.65. The smallest absolute Gasteiger partial charge is 0.0622 e. The lowest BCUT2D eigenvalue weighted by molar-refractivity contribution is 0.714. The Balaban J connectivity index is 1.79. The van der Waals surface area contributed by atoms with Gasteiger partial charge in [0, 0.05) is 9.53 Å². The van der Waals surface area contributed by atoms with Crippen LogP contribution in [0.5, 0.6) is 0 Å². The van der Waals surface area contributed by atoms with Crippen LogP contribution in [-0.2, 0) is 5.41 Å². The molecule has 0 aromatic heterocycles. The lowest BCUT2D eigenvalue weighted by Crippen LogP contribution is -2.22. The summed E-state index contributed by atoms with van der Waals surface area (Å²) in [7, 11) is 0. The Hall–Kier alpha value is -4.68. The average molecular weight is 509 g/mol. The topological polar surface area (TPSA) is 0 Å². The van der Waals surface area contributed by atoms with Gasteiger partial charge in [-0.15, -0.1) is 0 Å². The fourth-order valence-electron chi connectivity index (χ4n) is 4.91. The summed E-state index contributed by atoms with van der Waals surface area (Å²) < 4.78 is 233. The third-order valence-corrected chi connectivity index (χ3v) is 6.56. The number of hydrogen-bond acceptors (Lipinski definition) is 0. The van der Waals surface area contributed by atoms with Crippen LogP contribution in [0, 0.1) is 0 Å². The highest BCUT2D eigenvalue weighted by Gasteiger charge is 2.40. The average Bonchev–Trinajstić information content (AvgIpc) is 3.57. The Morgan fingerprint density at radius 1 is 0.500 bits per heavy atom. The first kappa shape index (κ1) is 7.91. The molecule has 1 aliphatic rings. The van der Waals surface area contributed by atoms with Crippen LogP contribution < -0.4 is 0 Å². The minimum Gasteiger partial charge on any atom is -0.0622 e. The molecule has 0 saturated carbocycles. The van der Waals surface area contributed by atoms with Gasteiger partial charge in [0.25, 0.3) is 0 Å². The summed E-state index contributed by atoms with van der Waals surface area (Å²) >= 11 is 0. The van der Waals surface area contributed by atoms with Crippen molar-refractivity contribution in [3.8, 4) is 22.3 Å². The largest absolute Gasteiger partial charge is 0.0636 e. The van der Waals surface area contributed by atoms with E-state index in [0.717, 1.165) is 0 Å². The number of fused-ring (bicyclic) bond motifs is 7. The van der Waals surface area contributed by atoms with Gasteiger partial charge in [0.15, 0.2) is 0 Å². The summed E-state index contributed by atoms with van der Waals surface area (Å²) in [5, 5.41) is -3.93. The highest BCUT2D eigenvalue weighted by Crippen LogP contribution is 2.53. The van der Waals surface area contributed by atoms with Crippen molar-refractivity contribution in [3.05, 3.63) is 156 Å². The predicted octanol–water partition coefficient (Wildman–Crippen LogP) is 10.1. The van der Waals surface area contributed by atoms with E-state index >= 15 is 0 Å². The van der Waals surface area contributed by atoms with Crippen molar-refractivity contribution < 1.29 is 35.6 Å². The Labute approximate surface area is 259 Å². The summed E-state index contributed by atoms with van der Waals surface area (Å²) in [5.74, 6) is 0. The minimum atomic E-state index is -3.82. The molecule has 1 aliphatic carbocycles. The van der Waals surface area contributed by atoms with Gasteiger partial charge in [-0.1, -0.05) is 127 Å². The lowest BCUT2D eigenvalue weighted by atomic mass is 9.73. The van der Waals surface area contributed by atoms with Crippen LogP contribution >= 0.6 is 0 Å². The van der Waals surface area contributed by atoms with E-state index in [4.69, 9.17) is 24.7 Å². The highest BCUT2D eigenvalue weighted by molar-refractivity contribution is 6.20. The third-order valence-electron chi connectivity index (χ3n) is 6.56. The van der Waals surface area contributed by atoms with Crippen LogP contribution in [0.3, 0.4) is 0 Å². The molecule has 0 heterocycles. The first-order valence-electron chi connectivity index (χ1n) is 24.2. The molecule has 0 N–H and O–H groups in total. The molecule has 7 aromatic rings. The van der Waals surface area contributed by atoms with Crippen molar-refractivity contribution in [2.24, 2.45) is 0 Å². The van der Waals surface area contributed by atoms with Crippen LogP contribution in [0.1, 0.15) is 59.2 Å². The van der Waals surface area contributed by atoms with Crippen LogP contribution in [0.2, 0.25) is 0 Å². The molecule has 0 fully saturated rings. The van der Waals surface area contributed by atoms with Crippen LogP contribution in [0.4, 0.5) is 0 Å². The molecule has 178 valence electrons. The Morgan fingerprint density at radius 2 is 1.21 bits per heavy atom. The van der Waals surface area contributed by atoms with E-state index in [0.29, 0.717) is 0 Å². The van der Waals surface area contributed by atoms with Gasteiger partial charge in [0.2, 0.25) is 0 Å². The molecule has 0 heteroatoms. The van der Waals surface area contributed by atoms with E-state index < -0.39 is 223 Å². The van der Waals surface area contributed by atoms with Crippen molar-refractivity contribution in [2.45, 2.75) is 12.3 Å². The van der Waals surface area contributed by atoms with Crippen molar-refractivity contribution in [1.29, 1.82) is 0 Å². The number of benzene rings is 7. The molecule has 0 bridgehead atoms. The standard InChI is InChI=1S/C38H26/c1-38(28-13-3-2-4-14-28)35-18-10-9-17-31(35)32-21-20-27(24-36(32)38)37-30-16-8-6-12-26(30)23-34-29-15-7-5-11-25(29)19-22-33(34)37/h2-24H,1H3/i1D3,2D,3D,4D,5D,6D,7D,8D,9D,10D,11D,12D,13D,14D,15D,16D,17D,18D,19D,20D,21D,22D,23D,24D. The van der Waals surface area contributed by atoms with Crippen molar-refractivity contribution in [3.63, 3.8) is 0 Å². The first-order chi connectivity index (χ1) is 29.6. The van der Waals surface area contributed by atoms with Gasteiger partial charge in [0.1, 0.15) is 0 Å². The first-order valence-corrected chi connectivity index (χ1v) is 11.2. The second kappa shape index (κ2) is 7.91. The highest BCUT2D eigenvalue weighted by atomic mass is 14.4. The van der Waals surface area contributed by atoms with Gasteiger partial charge < -0.3 is 0 Å². The Morgan fingerprint density at radius 3 is 2.08 bits per heavy atom. The van der Waals surface area contributed by atoms with Gasteiger partial charge in [-0.3, -0.25) is 0 Å². The molecule has 0 spiro atoms. The zero-order chi connectivity index (χ0) is 47.8. The molecule has 38 heavy (non-hydrogen) atoms. The van der Waals surface area contributed by atoms with E-state index in [-0.39, 0.29) is 0 Å². The summed E-state index contributed by atoms with van der Waals surface area (Å²) in [6.45, 7) is -3.82. The van der Waals surface area contributed by atoms with Crippen LogP contribution in [-0.4, -0.2) is 0 Å². The monoisotopic (exact) mass is 508 g/mol. The van der Waals surface area contributed by atoms with Gasteiger partial charge >= 0.3 is 0 Å². The SMILES string of the molecule is [2H]c1c([2H])c([2H])c(C2(C([2H])([2H])[2H])c3c([2H])c([2H])c([2H])c([2H])c3-c3c([2H])c([2H])c(-c4c5c([2H])c([2H])c([2H])c([2H])c5c([2H])c5c4c([2H])c([2H])c4c([2H])c([2H])c([2H])c([2H])c45)c([2H])c32)c([2H])c1[2H]. The van der Waals surface area contributed by atoms with Gasteiger partial charge in [0.05, 0.1) is 31.5 Å². The molecule has 8 rings (SSSR count). The van der Waals surface area contributed by atoms with Crippen molar-refractivity contribution >= 4 is 32.3 Å². The Bertz CT molecular complexity index is 3370. The van der Waals surface area contributed by atoms with E-state index in [1.165, 1.54) is 0 Å². The number of hydrogen-bond donors (Lipinski definition) is 0. The lowest BCUT2D eigenvalue weighted by Gasteiger charge is -2.28. The van der Waals surface area contributed by atoms with Crippen molar-refractivity contribution in [1.82, 2.24) is 0 Å². The summed E-state index contributed by atoms with van der Waals surface area (Å²) in [6.07, 6.45) is 0. The van der Waals surface area contributed by atoms with E-state index in [9.17, 15) is 11.0 Å². The molecule has 0 amide bonds. The maximum atomic E-state index is 10.1. The number of rotatable bonds is 2. The van der Waals surface area contributed by atoms with Gasteiger partial charge in [-0.2, -0.15) is 0 Å². The molecule has 1 unspecified atom stereocenters. The second-order valence-corrected chi connectivity index (χ2v) is 8.50. The summed E-state index contributed by atoms with van der Waals surface area (Å²) in [5.41, 5.74) is -9.78. The zero-order valence-electron chi connectivity index (χ0n) is 45.0. The normalized spacial score (nSPS) is 26.1. The summed E-state index contributed by atoms with van der Waals surface area (Å²) in [4.78, 5) is 0. The quantitative estimate of drug-likeness (QED) is 0.161. The molecule has 0 radical (unpaired) electrons. The molecule has 7 aromatic carbocycles. The molecule has 1 atom stereocenters. The van der Waals surface area contributed by atoms with Crippen molar-refractivity contribution in [2.75, 3.05) is 0 Å². The molecular formula is C38H26. The molecule has 0 saturated heterocycles. The fraction of sp³-hybridized carbons (Fsp3) is 0.0526. The second-order valence-electron chi connectivity index (χ2n) is 8.50. The third kappa shape index (κ3) is 2.86. The molecule has 0 aliphatic heterocycles. The van der Waals surface area contributed by atoms with E-state index in [1.807, 2.05) is 0 Å².